The van der Waals surface area contributed by atoms with Gasteiger partial charge in [0.1, 0.15) is 21.4 Å². The normalized spacial score (nSPS) is 12.3. The standard InChI is InChI=1S/C24H19F7N2O4S/c1-37-21-12-17(25)3-4-19(21)18-5-6-32-13-20(18)33(7-8-38(2,35)36)22(34)14-9-15(23(26,27)28)11-16(10-14)24(29,30)31/h3-6,9-13H,7-8H2,1-2H3. The first-order valence-electron chi connectivity index (χ1n) is 10.6. The summed E-state index contributed by atoms with van der Waals surface area (Å²) in [5.41, 5.74) is -4.25. The molecule has 0 aliphatic heterocycles. The molecule has 14 heteroatoms. The van der Waals surface area contributed by atoms with Crippen LogP contribution in [0.25, 0.3) is 11.1 Å². The third-order valence-corrected chi connectivity index (χ3v) is 6.23. The quantitative estimate of drug-likeness (QED) is 0.348. The van der Waals surface area contributed by atoms with Crippen molar-refractivity contribution in [2.45, 2.75) is 12.4 Å². The number of anilines is 1. The lowest BCUT2D eigenvalue weighted by Crippen LogP contribution is -2.36. The van der Waals surface area contributed by atoms with Crippen molar-refractivity contribution in [3.05, 3.63) is 77.4 Å². The maximum Gasteiger partial charge on any atom is 0.416 e. The number of carbonyl (C=O) groups excluding carboxylic acids is 1. The molecule has 204 valence electrons. The average Bonchev–Trinajstić information content (AvgIpc) is 2.82. The predicted octanol–water partition coefficient (Wildman–Crippen LogP) is 5.63. The van der Waals surface area contributed by atoms with Crippen LogP contribution in [-0.2, 0) is 22.2 Å². The number of amides is 1. The fourth-order valence-corrected chi connectivity index (χ4v) is 4.05. The lowest BCUT2D eigenvalue weighted by atomic mass is 10.0. The van der Waals surface area contributed by atoms with Gasteiger partial charge in [-0.3, -0.25) is 9.78 Å². The van der Waals surface area contributed by atoms with E-state index in [2.05, 4.69) is 4.98 Å². The molecule has 0 atom stereocenters. The summed E-state index contributed by atoms with van der Waals surface area (Å²) in [6.07, 6.45) is -7.23. The third-order valence-electron chi connectivity index (χ3n) is 5.31. The number of nitrogens with zero attached hydrogens (tertiary/aromatic N) is 2. The fraction of sp³-hybridized carbons (Fsp3) is 0.250. The number of halogens is 7. The average molecular weight is 564 g/mol. The van der Waals surface area contributed by atoms with Crippen LogP contribution in [0.3, 0.4) is 0 Å². The summed E-state index contributed by atoms with van der Waals surface area (Å²) < 4.78 is 123. The monoisotopic (exact) mass is 564 g/mol. The van der Waals surface area contributed by atoms with Crippen LogP contribution in [0.4, 0.5) is 36.4 Å². The zero-order valence-corrected chi connectivity index (χ0v) is 20.5. The molecule has 0 N–H and O–H groups in total. The lowest BCUT2D eigenvalue weighted by Gasteiger charge is -2.26. The zero-order chi connectivity index (χ0) is 28.5. The van der Waals surface area contributed by atoms with Crippen LogP contribution >= 0.6 is 0 Å². The van der Waals surface area contributed by atoms with E-state index in [0.717, 1.165) is 24.6 Å². The van der Waals surface area contributed by atoms with Gasteiger partial charge < -0.3 is 9.64 Å². The molecule has 0 bridgehead atoms. The van der Waals surface area contributed by atoms with Gasteiger partial charge in [0, 0.05) is 41.8 Å². The minimum Gasteiger partial charge on any atom is -0.496 e. The van der Waals surface area contributed by atoms with Gasteiger partial charge in [-0.15, -0.1) is 0 Å². The molecule has 1 heterocycles. The molecule has 3 rings (SSSR count). The van der Waals surface area contributed by atoms with Crippen molar-refractivity contribution in [3.8, 4) is 16.9 Å². The van der Waals surface area contributed by atoms with E-state index in [1.165, 1.54) is 25.4 Å². The van der Waals surface area contributed by atoms with Crippen LogP contribution in [0.5, 0.6) is 5.75 Å². The molecule has 1 amide bonds. The smallest absolute Gasteiger partial charge is 0.416 e. The van der Waals surface area contributed by atoms with E-state index in [0.29, 0.717) is 4.90 Å². The summed E-state index contributed by atoms with van der Waals surface area (Å²) in [7, 11) is -2.52. The number of sulfone groups is 1. The number of benzene rings is 2. The molecular weight excluding hydrogens is 545 g/mol. The van der Waals surface area contributed by atoms with Gasteiger partial charge >= 0.3 is 12.4 Å². The van der Waals surface area contributed by atoms with Crippen LogP contribution in [-0.4, -0.2) is 45.0 Å². The Labute approximate surface area is 212 Å². The van der Waals surface area contributed by atoms with Crippen molar-refractivity contribution in [2.24, 2.45) is 0 Å². The van der Waals surface area contributed by atoms with E-state index in [1.54, 1.807) is 0 Å². The number of alkyl halides is 6. The van der Waals surface area contributed by atoms with Crippen molar-refractivity contribution < 1.29 is 48.7 Å². The van der Waals surface area contributed by atoms with Gasteiger partial charge in [0.2, 0.25) is 0 Å². The lowest BCUT2D eigenvalue weighted by molar-refractivity contribution is -0.143. The first-order chi connectivity index (χ1) is 17.5. The highest BCUT2D eigenvalue weighted by atomic mass is 32.2. The van der Waals surface area contributed by atoms with Crippen LogP contribution in [0.15, 0.2) is 54.9 Å². The molecule has 0 unspecified atom stereocenters. The van der Waals surface area contributed by atoms with E-state index in [9.17, 15) is 43.9 Å². The maximum absolute atomic E-state index is 13.8. The molecule has 0 aliphatic rings. The Morgan fingerprint density at radius 2 is 1.55 bits per heavy atom. The first-order valence-corrected chi connectivity index (χ1v) is 12.6. The number of rotatable bonds is 7. The highest BCUT2D eigenvalue weighted by molar-refractivity contribution is 7.90. The topological polar surface area (TPSA) is 76.6 Å². The summed E-state index contributed by atoms with van der Waals surface area (Å²) in [4.78, 5) is 18.1. The van der Waals surface area contributed by atoms with E-state index >= 15 is 0 Å². The van der Waals surface area contributed by atoms with Crippen LogP contribution in [0.1, 0.15) is 21.5 Å². The third kappa shape index (κ3) is 6.79. The summed E-state index contributed by atoms with van der Waals surface area (Å²) in [6.45, 7) is -0.641. The number of hydrogen-bond donors (Lipinski definition) is 0. The molecule has 0 aliphatic carbocycles. The summed E-state index contributed by atoms with van der Waals surface area (Å²) in [5.74, 6) is -2.71. The molecule has 2 aromatic carbocycles. The Hall–Kier alpha value is -3.68. The molecule has 0 fully saturated rings. The zero-order valence-electron chi connectivity index (χ0n) is 19.7. The van der Waals surface area contributed by atoms with Gasteiger partial charge in [-0.05, 0) is 36.4 Å². The number of pyridine rings is 1. The summed E-state index contributed by atoms with van der Waals surface area (Å²) >= 11 is 0. The minimum atomic E-state index is -5.21. The maximum atomic E-state index is 13.8. The van der Waals surface area contributed by atoms with Crippen LogP contribution < -0.4 is 9.64 Å². The van der Waals surface area contributed by atoms with Gasteiger partial charge in [-0.2, -0.15) is 26.3 Å². The molecule has 3 aromatic rings. The summed E-state index contributed by atoms with van der Waals surface area (Å²) in [5, 5.41) is 0. The van der Waals surface area contributed by atoms with E-state index in [-0.39, 0.29) is 40.8 Å². The van der Waals surface area contributed by atoms with Crippen LogP contribution in [0.2, 0.25) is 0 Å². The van der Waals surface area contributed by atoms with Gasteiger partial charge in [0.05, 0.1) is 35.9 Å². The second kappa shape index (κ2) is 10.6. The van der Waals surface area contributed by atoms with E-state index in [1.807, 2.05) is 0 Å². The highest BCUT2D eigenvalue weighted by Gasteiger charge is 2.38. The molecular formula is C24H19F7N2O4S. The largest absolute Gasteiger partial charge is 0.496 e. The number of carbonyl (C=O) groups is 1. The summed E-state index contributed by atoms with van der Waals surface area (Å²) in [6, 6.07) is 5.07. The Balaban J connectivity index is 2.25. The van der Waals surface area contributed by atoms with Crippen molar-refractivity contribution in [1.82, 2.24) is 4.98 Å². The molecule has 0 radical (unpaired) electrons. The Morgan fingerprint density at radius 1 is 0.947 bits per heavy atom. The second-order valence-electron chi connectivity index (χ2n) is 8.12. The predicted molar refractivity (Wildman–Crippen MR) is 124 cm³/mol. The minimum absolute atomic E-state index is 0.00797. The second-order valence-corrected chi connectivity index (χ2v) is 10.4. The number of hydrogen-bond acceptors (Lipinski definition) is 5. The SMILES string of the molecule is COc1cc(F)ccc1-c1ccncc1N(CCS(C)(=O)=O)C(=O)c1cc(C(F)(F)F)cc(C(F)(F)F)c1. The molecule has 0 spiro atoms. The fourth-order valence-electron chi connectivity index (χ4n) is 3.54. The van der Waals surface area contributed by atoms with Crippen molar-refractivity contribution >= 4 is 21.4 Å². The first kappa shape index (κ1) is 28.9. The number of methoxy groups -OCH3 is 1. The van der Waals surface area contributed by atoms with Gasteiger partial charge in [-0.1, -0.05) is 0 Å². The van der Waals surface area contributed by atoms with Gasteiger partial charge in [0.15, 0.2) is 0 Å². The van der Waals surface area contributed by atoms with Crippen molar-refractivity contribution in [1.29, 1.82) is 0 Å². The molecule has 1 aromatic heterocycles. The molecule has 38 heavy (non-hydrogen) atoms. The Kier molecular flexibility index (Phi) is 8.05. The highest BCUT2D eigenvalue weighted by Crippen LogP contribution is 2.39. The Morgan fingerprint density at radius 3 is 2.08 bits per heavy atom. The number of ether oxygens (including phenoxy) is 1. The molecule has 6 nitrogen and oxygen atoms in total. The Bertz CT molecular complexity index is 1420. The van der Waals surface area contributed by atoms with Crippen molar-refractivity contribution in [2.75, 3.05) is 30.6 Å². The number of aromatic nitrogens is 1. The van der Waals surface area contributed by atoms with Gasteiger partial charge in [0.25, 0.3) is 5.91 Å². The molecule has 0 saturated carbocycles. The van der Waals surface area contributed by atoms with Gasteiger partial charge in [-0.25, -0.2) is 12.8 Å². The van der Waals surface area contributed by atoms with Crippen molar-refractivity contribution in [3.63, 3.8) is 0 Å². The van der Waals surface area contributed by atoms with E-state index in [4.69, 9.17) is 4.74 Å². The van der Waals surface area contributed by atoms with Crippen LogP contribution in [0, 0.1) is 5.82 Å². The van der Waals surface area contributed by atoms with E-state index < -0.39 is 62.9 Å². The molecule has 0 saturated heterocycles.